The van der Waals surface area contributed by atoms with Crippen molar-refractivity contribution in [2.45, 2.75) is 62.4 Å². The van der Waals surface area contributed by atoms with Gasteiger partial charge in [0.05, 0.1) is 11.9 Å². The van der Waals surface area contributed by atoms with Gasteiger partial charge in [-0.25, -0.2) is 19.3 Å². The van der Waals surface area contributed by atoms with Crippen LogP contribution in [0.3, 0.4) is 0 Å². The van der Waals surface area contributed by atoms with Crippen LogP contribution in [0.25, 0.3) is 28.3 Å². The minimum absolute atomic E-state index is 0.103. The largest absolute Gasteiger partial charge is 0.387 e. The molecule has 3 atom stereocenters. The average molecular weight is 503 g/mol. The third kappa shape index (κ3) is 3.51. The van der Waals surface area contributed by atoms with Crippen LogP contribution < -0.4 is 5.73 Å². The standard InChI is InChI=1S/C26H27FN8O2/c27-19-9-15(10-31-23(19)25-29-5-6-30-25)18-11-32-35-24(28)21(13-1-2-13)22(33-26(18)35)14-7-16-3-4-17(8-14)34(16)20(37)12-36/h5-6,9-11,13-14,16-17,36H,1-4,7-8,12,28H2,(H,29,30)/t14?,16-,17+. The number of aromatic nitrogens is 6. The van der Waals surface area contributed by atoms with Crippen molar-refractivity contribution in [3.8, 4) is 22.6 Å². The number of hydrogen-bond donors (Lipinski definition) is 3. The molecule has 2 aliphatic heterocycles. The molecule has 11 heteroatoms. The molecule has 0 radical (unpaired) electrons. The third-order valence-electron chi connectivity index (χ3n) is 8.15. The van der Waals surface area contributed by atoms with E-state index in [2.05, 4.69) is 20.1 Å². The highest BCUT2D eigenvalue weighted by Gasteiger charge is 2.45. The highest BCUT2D eigenvalue weighted by molar-refractivity contribution is 5.80. The number of aliphatic hydroxyl groups excluding tert-OH is 1. The van der Waals surface area contributed by atoms with Crippen LogP contribution in [0.2, 0.25) is 0 Å². The lowest BCUT2D eigenvalue weighted by Crippen LogP contribution is -2.47. The second-order valence-corrected chi connectivity index (χ2v) is 10.4. The number of nitrogens with two attached hydrogens (primary N) is 1. The highest BCUT2D eigenvalue weighted by Crippen LogP contribution is 2.50. The number of carbonyl (C=O) groups excluding carboxylic acids is 1. The van der Waals surface area contributed by atoms with Gasteiger partial charge in [-0.2, -0.15) is 9.61 Å². The number of imidazole rings is 1. The summed E-state index contributed by atoms with van der Waals surface area (Å²) in [5, 5.41) is 14.0. The van der Waals surface area contributed by atoms with Crippen molar-refractivity contribution < 1.29 is 14.3 Å². The van der Waals surface area contributed by atoms with E-state index in [0.29, 0.717) is 34.3 Å². The van der Waals surface area contributed by atoms with Gasteiger partial charge < -0.3 is 20.7 Å². The molecule has 0 aromatic carbocycles. The molecule has 37 heavy (non-hydrogen) atoms. The Balaban J connectivity index is 1.31. The van der Waals surface area contributed by atoms with Crippen molar-refractivity contribution in [1.82, 2.24) is 34.4 Å². The maximum absolute atomic E-state index is 15.0. The number of piperidine rings is 1. The Morgan fingerprint density at radius 2 is 1.92 bits per heavy atom. The molecule has 1 amide bonds. The molecule has 2 saturated heterocycles. The van der Waals surface area contributed by atoms with Crippen molar-refractivity contribution in [3.05, 3.63) is 47.9 Å². The number of halogens is 1. The summed E-state index contributed by atoms with van der Waals surface area (Å²) in [7, 11) is 0. The Morgan fingerprint density at radius 1 is 1.14 bits per heavy atom. The van der Waals surface area contributed by atoms with E-state index in [1.54, 1.807) is 29.3 Å². The molecule has 6 heterocycles. The van der Waals surface area contributed by atoms with E-state index in [1.807, 2.05) is 4.90 Å². The van der Waals surface area contributed by atoms with Gasteiger partial charge in [0.15, 0.2) is 17.3 Å². The summed E-state index contributed by atoms with van der Waals surface area (Å²) in [6.45, 7) is -0.454. The molecule has 1 aliphatic carbocycles. The summed E-state index contributed by atoms with van der Waals surface area (Å²) in [6, 6.07) is 1.63. The number of aromatic amines is 1. The molecule has 4 N–H and O–H groups in total. The van der Waals surface area contributed by atoms with Gasteiger partial charge in [-0.15, -0.1) is 0 Å². The van der Waals surface area contributed by atoms with Crippen LogP contribution in [0.1, 0.15) is 61.6 Å². The fourth-order valence-electron chi connectivity index (χ4n) is 6.39. The Kier molecular flexibility index (Phi) is 5.04. The van der Waals surface area contributed by atoms with Crippen LogP contribution >= 0.6 is 0 Å². The molecule has 4 aromatic heterocycles. The first-order chi connectivity index (χ1) is 18.0. The van der Waals surface area contributed by atoms with Crippen molar-refractivity contribution >= 4 is 17.4 Å². The van der Waals surface area contributed by atoms with E-state index in [0.717, 1.165) is 49.8 Å². The lowest BCUT2D eigenvalue weighted by Gasteiger charge is -2.39. The molecule has 1 saturated carbocycles. The number of carbonyl (C=O) groups is 1. The fraction of sp³-hybridized carbons (Fsp3) is 0.423. The zero-order valence-electron chi connectivity index (χ0n) is 20.1. The van der Waals surface area contributed by atoms with Gasteiger partial charge in [0, 0.05) is 53.3 Å². The number of anilines is 1. The van der Waals surface area contributed by atoms with Gasteiger partial charge in [-0.3, -0.25) is 4.79 Å². The molecule has 10 nitrogen and oxygen atoms in total. The Bertz CT molecular complexity index is 1500. The van der Waals surface area contributed by atoms with E-state index < -0.39 is 12.4 Å². The summed E-state index contributed by atoms with van der Waals surface area (Å²) in [4.78, 5) is 30.7. The topological polar surface area (TPSA) is 138 Å². The predicted molar refractivity (Wildman–Crippen MR) is 133 cm³/mol. The van der Waals surface area contributed by atoms with E-state index in [-0.39, 0.29) is 29.6 Å². The smallest absolute Gasteiger partial charge is 0.248 e. The molecule has 190 valence electrons. The van der Waals surface area contributed by atoms with Gasteiger partial charge in [-0.1, -0.05) is 0 Å². The molecule has 3 aliphatic rings. The van der Waals surface area contributed by atoms with E-state index in [1.165, 1.54) is 6.07 Å². The van der Waals surface area contributed by atoms with Gasteiger partial charge >= 0.3 is 0 Å². The van der Waals surface area contributed by atoms with Gasteiger partial charge in [0.2, 0.25) is 5.91 Å². The Morgan fingerprint density at radius 3 is 2.57 bits per heavy atom. The van der Waals surface area contributed by atoms with Crippen molar-refractivity contribution in [1.29, 1.82) is 0 Å². The van der Waals surface area contributed by atoms with E-state index in [4.69, 9.17) is 10.7 Å². The molecule has 7 rings (SSSR count). The summed E-state index contributed by atoms with van der Waals surface area (Å²) in [5.74, 6) is 0.774. The monoisotopic (exact) mass is 502 g/mol. The second kappa shape index (κ2) is 8.34. The number of amides is 1. The quantitative estimate of drug-likeness (QED) is 0.381. The first-order valence-electron chi connectivity index (χ1n) is 12.8. The van der Waals surface area contributed by atoms with Crippen LogP contribution in [0.15, 0.2) is 30.9 Å². The normalized spacial score (nSPS) is 23.2. The van der Waals surface area contributed by atoms with Crippen LogP contribution in [0.5, 0.6) is 0 Å². The SMILES string of the molecule is Nc1c(C2CC2)c(C2C[C@H]3CC[C@@H](C2)N3C(=O)CO)nc2c(-c3cnc(-c4ncc[nH]4)c(F)c3)cnn12. The molecule has 0 spiro atoms. The first kappa shape index (κ1) is 22.3. The summed E-state index contributed by atoms with van der Waals surface area (Å²) in [5.41, 5.74) is 10.7. The number of pyridine rings is 1. The highest BCUT2D eigenvalue weighted by atomic mass is 19.1. The molecular formula is C26H27FN8O2. The fourth-order valence-corrected chi connectivity index (χ4v) is 6.39. The summed E-state index contributed by atoms with van der Waals surface area (Å²) in [6.07, 6.45) is 12.0. The van der Waals surface area contributed by atoms with Crippen molar-refractivity contribution in [3.63, 3.8) is 0 Å². The van der Waals surface area contributed by atoms with E-state index in [9.17, 15) is 9.90 Å². The lowest BCUT2D eigenvalue weighted by molar-refractivity contribution is -0.138. The Hall–Kier alpha value is -3.86. The number of hydrogen-bond acceptors (Lipinski definition) is 7. The minimum Gasteiger partial charge on any atom is -0.387 e. The maximum Gasteiger partial charge on any atom is 0.248 e. The molecule has 1 unspecified atom stereocenters. The van der Waals surface area contributed by atoms with Crippen LogP contribution in [-0.4, -0.2) is 64.2 Å². The zero-order valence-corrected chi connectivity index (χ0v) is 20.1. The molecule has 2 bridgehead atoms. The Labute approximate surface area is 211 Å². The number of rotatable bonds is 5. The van der Waals surface area contributed by atoms with Crippen LogP contribution in [-0.2, 0) is 4.79 Å². The van der Waals surface area contributed by atoms with Gasteiger partial charge in [0.25, 0.3) is 0 Å². The second-order valence-electron chi connectivity index (χ2n) is 10.4. The average Bonchev–Trinajstić information content (AvgIpc) is 3.29. The molecule has 3 fully saturated rings. The van der Waals surface area contributed by atoms with Gasteiger partial charge in [-0.05, 0) is 50.5 Å². The molecule has 4 aromatic rings. The van der Waals surface area contributed by atoms with E-state index >= 15 is 4.39 Å². The molecular weight excluding hydrogens is 475 g/mol. The number of nitrogens with one attached hydrogen (secondary N) is 1. The van der Waals surface area contributed by atoms with Crippen molar-refractivity contribution in [2.75, 3.05) is 12.3 Å². The zero-order chi connectivity index (χ0) is 25.3. The number of H-pyrrole nitrogens is 1. The van der Waals surface area contributed by atoms with Gasteiger partial charge in [0.1, 0.15) is 18.1 Å². The van der Waals surface area contributed by atoms with Crippen LogP contribution in [0, 0.1) is 5.82 Å². The summed E-state index contributed by atoms with van der Waals surface area (Å²) < 4.78 is 16.7. The number of aliphatic hydroxyl groups is 1. The summed E-state index contributed by atoms with van der Waals surface area (Å²) >= 11 is 0. The third-order valence-corrected chi connectivity index (χ3v) is 8.15. The number of fused-ring (bicyclic) bond motifs is 3. The number of nitrogen functional groups attached to an aromatic ring is 1. The van der Waals surface area contributed by atoms with Crippen LogP contribution in [0.4, 0.5) is 10.2 Å². The first-order valence-corrected chi connectivity index (χ1v) is 12.8. The lowest BCUT2D eigenvalue weighted by atomic mass is 9.85. The van der Waals surface area contributed by atoms with Crippen molar-refractivity contribution in [2.24, 2.45) is 0 Å². The number of nitrogens with zero attached hydrogens (tertiary/aromatic N) is 6. The maximum atomic E-state index is 15.0. The predicted octanol–water partition coefficient (Wildman–Crippen LogP) is 3.01. The minimum atomic E-state index is -0.493.